The van der Waals surface area contributed by atoms with E-state index in [1.807, 2.05) is 17.5 Å². The summed E-state index contributed by atoms with van der Waals surface area (Å²) in [5, 5.41) is 15.0. The SMILES string of the molecule is O=C(Cc1cccs1)NC1C(=O)N2C(C(=O)O)=C(C=CSc3cc(=O)c4c(C(F)(F)F)cccc4s3)CS[C@H]12. The van der Waals surface area contributed by atoms with Crippen LogP contribution in [-0.4, -0.2) is 45.0 Å². The van der Waals surface area contributed by atoms with Gasteiger partial charge in [0, 0.05) is 21.4 Å². The minimum absolute atomic E-state index is 0.129. The zero-order valence-corrected chi connectivity index (χ0v) is 22.8. The number of rotatable bonds is 7. The molecule has 2 atom stereocenters. The van der Waals surface area contributed by atoms with Crippen LogP contribution < -0.4 is 10.7 Å². The van der Waals surface area contributed by atoms with Gasteiger partial charge in [0.1, 0.15) is 17.1 Å². The third-order valence-electron chi connectivity index (χ3n) is 5.92. The van der Waals surface area contributed by atoms with Crippen molar-refractivity contribution in [2.45, 2.75) is 28.2 Å². The van der Waals surface area contributed by atoms with Crippen LogP contribution in [0.5, 0.6) is 0 Å². The number of halogens is 3. The molecule has 39 heavy (non-hydrogen) atoms. The molecule has 0 bridgehead atoms. The highest BCUT2D eigenvalue weighted by Gasteiger charge is 2.53. The molecule has 1 saturated heterocycles. The van der Waals surface area contributed by atoms with Gasteiger partial charge in [-0.1, -0.05) is 23.9 Å². The number of aliphatic carboxylic acids is 1. The highest BCUT2D eigenvalue weighted by atomic mass is 32.2. The van der Waals surface area contributed by atoms with Gasteiger partial charge >= 0.3 is 12.1 Å². The molecular formula is C25H17F3N2O5S4. The van der Waals surface area contributed by atoms with Gasteiger partial charge in [0.05, 0.1) is 21.6 Å². The van der Waals surface area contributed by atoms with E-state index in [2.05, 4.69) is 5.32 Å². The maximum atomic E-state index is 13.3. The van der Waals surface area contributed by atoms with Crippen molar-refractivity contribution >= 4 is 74.1 Å². The number of nitrogens with zero attached hydrogens (tertiary/aromatic N) is 1. The second kappa shape index (κ2) is 10.8. The van der Waals surface area contributed by atoms with Crippen molar-refractivity contribution in [2.75, 3.05) is 5.75 Å². The van der Waals surface area contributed by atoms with E-state index in [-0.39, 0.29) is 33.9 Å². The lowest BCUT2D eigenvalue weighted by Gasteiger charge is -2.49. The van der Waals surface area contributed by atoms with Crippen LogP contribution in [0.3, 0.4) is 0 Å². The summed E-state index contributed by atoms with van der Waals surface area (Å²) >= 11 is 4.82. The molecular weight excluding hydrogens is 594 g/mol. The highest BCUT2D eigenvalue weighted by molar-refractivity contribution is 8.04. The van der Waals surface area contributed by atoms with Crippen LogP contribution in [0.2, 0.25) is 0 Å². The number of allylic oxidation sites excluding steroid dienone is 1. The van der Waals surface area contributed by atoms with Crippen LogP contribution in [0.4, 0.5) is 13.2 Å². The molecule has 0 saturated carbocycles. The summed E-state index contributed by atoms with van der Waals surface area (Å²) in [6, 6.07) is 7.49. The first kappa shape index (κ1) is 27.5. The van der Waals surface area contributed by atoms with E-state index in [0.717, 1.165) is 45.0 Å². The van der Waals surface area contributed by atoms with Crippen molar-refractivity contribution in [3.05, 3.63) is 85.2 Å². The van der Waals surface area contributed by atoms with Crippen LogP contribution in [-0.2, 0) is 27.0 Å². The number of β-lactam (4-membered cyclic amide) rings is 1. The van der Waals surface area contributed by atoms with Gasteiger partial charge in [0.25, 0.3) is 5.91 Å². The Kier molecular flexibility index (Phi) is 7.64. The predicted molar refractivity (Wildman–Crippen MR) is 146 cm³/mol. The molecule has 2 aliphatic rings. The van der Waals surface area contributed by atoms with Crippen LogP contribution >= 0.6 is 46.2 Å². The Balaban J connectivity index is 1.32. The van der Waals surface area contributed by atoms with Crippen molar-refractivity contribution in [3.8, 4) is 0 Å². The first-order valence-corrected chi connectivity index (χ1v) is 14.9. The summed E-state index contributed by atoms with van der Waals surface area (Å²) < 4.78 is 40.5. The second-order valence-corrected chi connectivity index (χ2v) is 12.8. The van der Waals surface area contributed by atoms with Gasteiger partial charge in [-0.2, -0.15) is 13.2 Å². The number of carboxylic acids is 1. The molecule has 14 heteroatoms. The fourth-order valence-electron chi connectivity index (χ4n) is 4.23. The summed E-state index contributed by atoms with van der Waals surface area (Å²) in [4.78, 5) is 51.7. The number of nitrogens with one attached hydrogen (secondary N) is 1. The molecule has 2 N–H and O–H groups in total. The lowest BCUT2D eigenvalue weighted by Crippen LogP contribution is -2.70. The first-order chi connectivity index (χ1) is 18.5. The smallest absolute Gasteiger partial charge is 0.417 e. The van der Waals surface area contributed by atoms with Gasteiger partial charge < -0.3 is 10.4 Å². The number of carbonyl (C=O) groups excluding carboxylic acids is 2. The standard InChI is InChI=1S/C25H17F3N2O5S4/c26-25(27,28)14-4-1-5-16-19(14)15(31)10-18(39-16)37-8-6-12-11-38-23-20(22(33)30(23)21(12)24(34)35)29-17(32)9-13-3-2-7-36-13/h1-8,10,20,23H,9,11H2,(H,29,32)(H,34,35)/t20?,23-/m1/s1. The van der Waals surface area contributed by atoms with E-state index in [0.29, 0.717) is 9.78 Å². The average molecular weight is 611 g/mol. The second-order valence-electron chi connectivity index (χ2n) is 8.42. The zero-order valence-electron chi connectivity index (χ0n) is 19.6. The Morgan fingerprint density at radius 2 is 2.00 bits per heavy atom. The number of fused-ring (bicyclic) bond motifs is 2. The molecule has 5 rings (SSSR count). The Hall–Kier alpha value is -3.07. The molecule has 0 radical (unpaired) electrons. The van der Waals surface area contributed by atoms with Crippen LogP contribution in [0, 0.1) is 0 Å². The number of hydrogen-bond donors (Lipinski definition) is 2. The zero-order chi connectivity index (χ0) is 27.9. The summed E-state index contributed by atoms with van der Waals surface area (Å²) in [6.45, 7) is 0. The number of hydrogen-bond acceptors (Lipinski definition) is 8. The lowest BCUT2D eigenvalue weighted by molar-refractivity contribution is -0.150. The Morgan fingerprint density at radius 3 is 2.69 bits per heavy atom. The molecule has 7 nitrogen and oxygen atoms in total. The van der Waals surface area contributed by atoms with E-state index < -0.39 is 40.5 Å². The largest absolute Gasteiger partial charge is 0.477 e. The quantitative estimate of drug-likeness (QED) is 0.289. The Labute approximate surface area is 235 Å². The van der Waals surface area contributed by atoms with E-state index in [1.165, 1.54) is 46.7 Å². The number of thiophene rings is 1. The van der Waals surface area contributed by atoms with E-state index in [4.69, 9.17) is 0 Å². The van der Waals surface area contributed by atoms with Crippen molar-refractivity contribution in [2.24, 2.45) is 0 Å². The maximum absolute atomic E-state index is 13.3. The summed E-state index contributed by atoms with van der Waals surface area (Å²) in [5.74, 6) is -1.88. The fourth-order valence-corrected chi connectivity index (χ4v) is 8.27. The van der Waals surface area contributed by atoms with Crippen molar-refractivity contribution in [1.29, 1.82) is 0 Å². The van der Waals surface area contributed by atoms with Gasteiger partial charge in [-0.25, -0.2) is 4.79 Å². The van der Waals surface area contributed by atoms with Crippen molar-refractivity contribution in [3.63, 3.8) is 0 Å². The van der Waals surface area contributed by atoms with Crippen molar-refractivity contribution in [1.82, 2.24) is 10.2 Å². The van der Waals surface area contributed by atoms with Gasteiger partial charge in [0.2, 0.25) is 5.91 Å². The van der Waals surface area contributed by atoms with E-state index >= 15 is 0 Å². The van der Waals surface area contributed by atoms with Gasteiger partial charge in [-0.15, -0.1) is 34.4 Å². The van der Waals surface area contributed by atoms with Gasteiger partial charge in [-0.3, -0.25) is 19.3 Å². The predicted octanol–water partition coefficient (Wildman–Crippen LogP) is 4.93. The molecule has 1 fully saturated rings. The van der Waals surface area contributed by atoms with Crippen LogP contribution in [0.15, 0.2) is 73.5 Å². The normalized spacial score (nSPS) is 19.4. The fraction of sp³-hybridized carbons (Fsp3) is 0.200. The number of carbonyl (C=O) groups is 3. The molecule has 1 aromatic carbocycles. The number of benzene rings is 1. The summed E-state index contributed by atoms with van der Waals surface area (Å²) in [6.07, 6.45) is -3.01. The Morgan fingerprint density at radius 1 is 1.21 bits per heavy atom. The number of thioether (sulfide) groups is 2. The molecule has 1 unspecified atom stereocenters. The Bertz CT molecular complexity index is 1600. The van der Waals surface area contributed by atoms with Gasteiger partial charge in [0.15, 0.2) is 5.43 Å². The molecule has 2 amide bonds. The number of amides is 2. The molecule has 2 aliphatic heterocycles. The van der Waals surface area contributed by atoms with Crippen molar-refractivity contribution < 1.29 is 32.7 Å². The van der Waals surface area contributed by atoms with E-state index in [1.54, 1.807) is 0 Å². The lowest BCUT2D eigenvalue weighted by atomic mass is 10.0. The summed E-state index contributed by atoms with van der Waals surface area (Å²) in [5.41, 5.74) is -1.57. The molecule has 202 valence electrons. The average Bonchev–Trinajstić information content (AvgIpc) is 3.38. The van der Waals surface area contributed by atoms with Crippen LogP contribution in [0.1, 0.15) is 10.4 Å². The molecule has 2 aromatic heterocycles. The number of carboxylic acid groups (broad SMARTS) is 1. The molecule has 3 aromatic rings. The highest BCUT2D eigenvalue weighted by Crippen LogP contribution is 2.41. The van der Waals surface area contributed by atoms with Gasteiger partial charge in [-0.05, 0) is 40.6 Å². The van der Waals surface area contributed by atoms with Crippen LogP contribution in [0.25, 0.3) is 10.1 Å². The number of alkyl halides is 3. The summed E-state index contributed by atoms with van der Waals surface area (Å²) in [7, 11) is 0. The third kappa shape index (κ3) is 5.51. The minimum atomic E-state index is -4.66. The minimum Gasteiger partial charge on any atom is -0.477 e. The third-order valence-corrected chi connectivity index (χ3v) is 10.1. The maximum Gasteiger partial charge on any atom is 0.417 e. The molecule has 0 spiro atoms. The first-order valence-electron chi connectivity index (χ1n) is 11.2. The topological polar surface area (TPSA) is 104 Å². The molecule has 4 heterocycles. The monoisotopic (exact) mass is 610 g/mol. The van der Waals surface area contributed by atoms with E-state index in [9.17, 15) is 37.5 Å². The molecule has 0 aliphatic carbocycles.